The monoisotopic (exact) mass is 506 g/mol. The Balaban J connectivity index is 1.68. The van der Waals surface area contributed by atoms with Crippen LogP contribution < -0.4 is 26.1 Å². The first kappa shape index (κ1) is 25.7. The fraction of sp³-hybridized carbons (Fsp3) is 0.308. The number of aromatic nitrogens is 4. The molecule has 11 nitrogen and oxygen atoms in total. The Kier molecular flexibility index (Phi) is 7.44. The van der Waals surface area contributed by atoms with Gasteiger partial charge in [-0.25, -0.2) is 10.2 Å². The number of aliphatic hydroxyl groups is 1. The Morgan fingerprint density at radius 1 is 1.11 bits per heavy atom. The molecule has 0 fully saturated rings. The van der Waals surface area contributed by atoms with Crippen molar-refractivity contribution < 1.29 is 14.6 Å². The number of aryl methyl sites for hydroxylation is 2. The number of ether oxygens (including phenoxy) is 2. The predicted octanol–water partition coefficient (Wildman–Crippen LogP) is 2.03. The van der Waals surface area contributed by atoms with Crippen molar-refractivity contribution in [2.45, 2.75) is 26.5 Å². The molecule has 4 aromatic rings. The lowest BCUT2D eigenvalue weighted by atomic mass is 10.1. The van der Waals surface area contributed by atoms with E-state index in [9.17, 15) is 14.7 Å². The molecule has 0 aliphatic carbocycles. The molecule has 2 N–H and O–H groups in total. The molecule has 2 aromatic heterocycles. The number of rotatable bonds is 9. The van der Waals surface area contributed by atoms with E-state index in [-0.39, 0.29) is 30.3 Å². The minimum absolute atomic E-state index is 0.00973. The molecule has 37 heavy (non-hydrogen) atoms. The lowest BCUT2D eigenvalue weighted by Crippen LogP contribution is -2.38. The number of benzene rings is 2. The van der Waals surface area contributed by atoms with Crippen LogP contribution in [0.3, 0.4) is 0 Å². The number of hydrazone groups is 1. The third-order valence-electron chi connectivity index (χ3n) is 6.10. The van der Waals surface area contributed by atoms with E-state index in [1.807, 2.05) is 62.4 Å². The number of imidazole rings is 1. The molecule has 2 aromatic carbocycles. The summed E-state index contributed by atoms with van der Waals surface area (Å²) in [6.45, 7) is 3.71. The van der Waals surface area contributed by atoms with Gasteiger partial charge >= 0.3 is 5.69 Å². The van der Waals surface area contributed by atoms with E-state index < -0.39 is 17.4 Å². The zero-order valence-electron chi connectivity index (χ0n) is 21.4. The summed E-state index contributed by atoms with van der Waals surface area (Å²) in [5, 5.41) is 15.2. The maximum Gasteiger partial charge on any atom is 0.332 e. The molecule has 4 rings (SSSR count). The lowest BCUT2D eigenvalue weighted by molar-refractivity contribution is 0.0935. The molecule has 194 valence electrons. The van der Waals surface area contributed by atoms with Crippen molar-refractivity contribution in [3.8, 4) is 11.5 Å². The van der Waals surface area contributed by atoms with Gasteiger partial charge in [0.05, 0.1) is 19.4 Å². The first-order valence-electron chi connectivity index (χ1n) is 11.7. The number of anilines is 1. The zero-order chi connectivity index (χ0) is 26.7. The van der Waals surface area contributed by atoms with E-state index >= 15 is 0 Å². The molecule has 0 radical (unpaired) electrons. The summed E-state index contributed by atoms with van der Waals surface area (Å²) >= 11 is 0. The standard InChI is InChI=1S/C26H30N6O5/c1-16-8-6-7-9-21(16)37-15-19(33)14-32-22-23(30(3)26(35)31(4)24(22)34)27-25(32)29-28-17(2)18-10-12-20(36-5)13-11-18/h6-13,19,33H,14-15H2,1-5H3,(H,27,29)/b28-17+. The fourth-order valence-corrected chi connectivity index (χ4v) is 3.91. The van der Waals surface area contributed by atoms with Crippen molar-refractivity contribution in [3.05, 3.63) is 80.5 Å². The number of hydrogen-bond donors (Lipinski definition) is 2. The molecule has 1 atom stereocenters. The molecule has 0 aliphatic rings. The first-order chi connectivity index (χ1) is 17.7. The first-order valence-corrected chi connectivity index (χ1v) is 11.7. The number of nitrogens with zero attached hydrogens (tertiary/aromatic N) is 5. The summed E-state index contributed by atoms with van der Waals surface area (Å²) in [5.41, 5.74) is 4.67. The second kappa shape index (κ2) is 10.7. The number of methoxy groups -OCH3 is 1. The SMILES string of the molecule is COc1ccc(/C(C)=N/Nc2nc3c(c(=O)n(C)c(=O)n3C)n2CC(O)COc2ccccc2C)cc1. The normalized spacial score (nSPS) is 12.5. The van der Waals surface area contributed by atoms with Gasteiger partial charge < -0.3 is 19.1 Å². The van der Waals surface area contributed by atoms with Gasteiger partial charge in [-0.1, -0.05) is 18.2 Å². The van der Waals surface area contributed by atoms with Crippen molar-refractivity contribution in [2.24, 2.45) is 19.2 Å². The highest BCUT2D eigenvalue weighted by atomic mass is 16.5. The average Bonchev–Trinajstić information content (AvgIpc) is 3.26. The van der Waals surface area contributed by atoms with Crippen molar-refractivity contribution in [1.29, 1.82) is 0 Å². The largest absolute Gasteiger partial charge is 0.497 e. The minimum atomic E-state index is -0.980. The van der Waals surface area contributed by atoms with Crippen LogP contribution in [0.4, 0.5) is 5.95 Å². The summed E-state index contributed by atoms with van der Waals surface area (Å²) in [6, 6.07) is 14.9. The molecule has 1 unspecified atom stereocenters. The molecule has 0 bridgehead atoms. The molecule has 0 spiro atoms. The quantitative estimate of drug-likeness (QED) is 0.263. The van der Waals surface area contributed by atoms with Crippen LogP contribution >= 0.6 is 0 Å². The predicted molar refractivity (Wildman–Crippen MR) is 142 cm³/mol. The van der Waals surface area contributed by atoms with Crippen LogP contribution in [0.5, 0.6) is 11.5 Å². The van der Waals surface area contributed by atoms with Crippen molar-refractivity contribution >= 4 is 22.8 Å². The van der Waals surface area contributed by atoms with E-state index in [0.717, 1.165) is 21.4 Å². The Hall–Kier alpha value is -4.38. The highest BCUT2D eigenvalue weighted by molar-refractivity contribution is 5.99. The molecule has 11 heteroatoms. The topological polar surface area (TPSA) is 125 Å². The maximum absolute atomic E-state index is 13.1. The van der Waals surface area contributed by atoms with Gasteiger partial charge in [0.15, 0.2) is 11.2 Å². The summed E-state index contributed by atoms with van der Waals surface area (Å²) in [5.74, 6) is 1.59. The number of aliphatic hydroxyl groups excluding tert-OH is 1. The smallest absolute Gasteiger partial charge is 0.332 e. The van der Waals surface area contributed by atoms with Gasteiger partial charge in [-0.3, -0.25) is 13.9 Å². The molecule has 0 aliphatic heterocycles. The zero-order valence-corrected chi connectivity index (χ0v) is 21.4. The van der Waals surface area contributed by atoms with Crippen LogP contribution in [0, 0.1) is 6.92 Å². The van der Waals surface area contributed by atoms with Crippen molar-refractivity contribution in [1.82, 2.24) is 18.7 Å². The fourth-order valence-electron chi connectivity index (χ4n) is 3.91. The lowest BCUT2D eigenvalue weighted by Gasteiger charge is -2.16. The molecule has 0 saturated heterocycles. The highest BCUT2D eigenvalue weighted by Gasteiger charge is 2.21. The summed E-state index contributed by atoms with van der Waals surface area (Å²) < 4.78 is 14.8. The molecule has 2 heterocycles. The number of para-hydroxylation sites is 1. The molecule has 0 saturated carbocycles. The van der Waals surface area contributed by atoms with Gasteiger partial charge in [-0.15, -0.1) is 0 Å². The van der Waals surface area contributed by atoms with Crippen LogP contribution in [0.2, 0.25) is 0 Å². The Labute approximate surface area is 213 Å². The van der Waals surface area contributed by atoms with Gasteiger partial charge in [-0.2, -0.15) is 10.1 Å². The molecular formula is C26H30N6O5. The van der Waals surface area contributed by atoms with E-state index in [1.165, 1.54) is 23.2 Å². The van der Waals surface area contributed by atoms with Crippen LogP contribution in [0.1, 0.15) is 18.1 Å². The van der Waals surface area contributed by atoms with Crippen LogP contribution in [0.15, 0.2) is 63.2 Å². The van der Waals surface area contributed by atoms with Gasteiger partial charge in [0.2, 0.25) is 5.95 Å². The second-order valence-corrected chi connectivity index (χ2v) is 8.69. The van der Waals surface area contributed by atoms with Crippen LogP contribution in [-0.2, 0) is 20.6 Å². The van der Waals surface area contributed by atoms with E-state index in [2.05, 4.69) is 15.5 Å². The number of fused-ring (bicyclic) bond motifs is 1. The Morgan fingerprint density at radius 3 is 2.49 bits per heavy atom. The second-order valence-electron chi connectivity index (χ2n) is 8.69. The van der Waals surface area contributed by atoms with E-state index in [4.69, 9.17) is 9.47 Å². The third kappa shape index (κ3) is 5.26. The average molecular weight is 507 g/mol. The van der Waals surface area contributed by atoms with Crippen molar-refractivity contribution in [2.75, 3.05) is 19.1 Å². The summed E-state index contributed by atoms with van der Waals surface area (Å²) in [6.07, 6.45) is -0.980. The Bertz CT molecular complexity index is 1570. The summed E-state index contributed by atoms with van der Waals surface area (Å²) in [7, 11) is 4.53. The maximum atomic E-state index is 13.1. The van der Waals surface area contributed by atoms with Gasteiger partial charge in [0.1, 0.15) is 24.2 Å². The van der Waals surface area contributed by atoms with Gasteiger partial charge in [0, 0.05) is 14.1 Å². The highest BCUT2D eigenvalue weighted by Crippen LogP contribution is 2.19. The summed E-state index contributed by atoms with van der Waals surface area (Å²) in [4.78, 5) is 30.0. The van der Waals surface area contributed by atoms with Gasteiger partial charge in [-0.05, 0) is 55.3 Å². The number of nitrogens with one attached hydrogen (secondary N) is 1. The van der Waals surface area contributed by atoms with Crippen LogP contribution in [0.25, 0.3) is 11.2 Å². The molecular weight excluding hydrogens is 476 g/mol. The van der Waals surface area contributed by atoms with Crippen LogP contribution in [-0.4, -0.2) is 49.3 Å². The van der Waals surface area contributed by atoms with E-state index in [0.29, 0.717) is 11.5 Å². The van der Waals surface area contributed by atoms with E-state index in [1.54, 1.807) is 7.11 Å². The Morgan fingerprint density at radius 2 is 1.81 bits per heavy atom. The molecule has 0 amide bonds. The van der Waals surface area contributed by atoms with Gasteiger partial charge in [0.25, 0.3) is 5.56 Å². The number of hydrogen-bond acceptors (Lipinski definition) is 8. The third-order valence-corrected chi connectivity index (χ3v) is 6.10. The minimum Gasteiger partial charge on any atom is -0.497 e. The van der Waals surface area contributed by atoms with Crippen molar-refractivity contribution in [3.63, 3.8) is 0 Å².